The Morgan fingerprint density at radius 1 is 0.946 bits per heavy atom. The standard InChI is InChI=1S/C31H32N4O2/c36-29(25-16-8-3-9-17-25)27-18-10-11-21-35(27)30(37)26-22-33-31(32-20-19-23-12-4-1-5-13-23)34-28(26)24-14-6-2-7-15-24/h1-9,12-17,22,27,29,36H,10-11,18-21H2,(H,32,33,34). The average molecular weight is 493 g/mol. The van der Waals surface area contributed by atoms with Crippen molar-refractivity contribution in [2.45, 2.75) is 37.8 Å². The maximum absolute atomic E-state index is 14.0. The van der Waals surface area contributed by atoms with E-state index in [0.29, 0.717) is 30.3 Å². The molecule has 0 spiro atoms. The number of anilines is 1. The molecule has 2 heterocycles. The lowest BCUT2D eigenvalue weighted by Crippen LogP contribution is -2.47. The van der Waals surface area contributed by atoms with Crippen LogP contribution in [-0.4, -0.2) is 45.0 Å². The zero-order valence-electron chi connectivity index (χ0n) is 20.8. The van der Waals surface area contributed by atoms with Crippen LogP contribution < -0.4 is 5.32 Å². The van der Waals surface area contributed by atoms with Crippen molar-refractivity contribution in [2.24, 2.45) is 0 Å². The lowest BCUT2D eigenvalue weighted by Gasteiger charge is -2.39. The summed E-state index contributed by atoms with van der Waals surface area (Å²) in [5, 5.41) is 14.5. The van der Waals surface area contributed by atoms with E-state index < -0.39 is 6.10 Å². The first-order valence-corrected chi connectivity index (χ1v) is 12.9. The van der Waals surface area contributed by atoms with Crippen LogP contribution in [0.25, 0.3) is 11.3 Å². The molecule has 1 fully saturated rings. The number of hydrogen-bond acceptors (Lipinski definition) is 5. The molecule has 1 saturated heterocycles. The molecule has 4 aromatic rings. The molecule has 1 aliphatic rings. The Kier molecular flexibility index (Phi) is 7.87. The number of nitrogens with zero attached hydrogens (tertiary/aromatic N) is 3. The smallest absolute Gasteiger partial charge is 0.258 e. The maximum Gasteiger partial charge on any atom is 0.258 e. The Balaban J connectivity index is 1.41. The molecule has 1 aliphatic heterocycles. The summed E-state index contributed by atoms with van der Waals surface area (Å²) in [6.45, 7) is 1.28. The maximum atomic E-state index is 14.0. The van der Waals surface area contributed by atoms with Gasteiger partial charge in [-0.15, -0.1) is 0 Å². The second-order valence-electron chi connectivity index (χ2n) is 9.40. The van der Waals surface area contributed by atoms with Crippen molar-refractivity contribution in [2.75, 3.05) is 18.4 Å². The van der Waals surface area contributed by atoms with E-state index >= 15 is 0 Å². The first-order chi connectivity index (χ1) is 18.2. The summed E-state index contributed by atoms with van der Waals surface area (Å²) in [6, 6.07) is 29.3. The molecule has 37 heavy (non-hydrogen) atoms. The largest absolute Gasteiger partial charge is 0.386 e. The summed E-state index contributed by atoms with van der Waals surface area (Å²) in [7, 11) is 0. The molecule has 5 rings (SSSR count). The zero-order valence-corrected chi connectivity index (χ0v) is 20.8. The molecule has 0 bridgehead atoms. The Morgan fingerprint density at radius 2 is 1.62 bits per heavy atom. The van der Waals surface area contributed by atoms with Crippen LogP contribution in [0.1, 0.15) is 46.9 Å². The molecule has 188 valence electrons. The Labute approximate surface area is 218 Å². The van der Waals surface area contributed by atoms with Gasteiger partial charge < -0.3 is 15.3 Å². The summed E-state index contributed by atoms with van der Waals surface area (Å²) < 4.78 is 0. The van der Waals surface area contributed by atoms with Gasteiger partial charge in [-0.2, -0.15) is 0 Å². The van der Waals surface area contributed by atoms with Crippen molar-refractivity contribution < 1.29 is 9.90 Å². The average Bonchev–Trinajstić information content (AvgIpc) is 2.98. The lowest BCUT2D eigenvalue weighted by molar-refractivity contribution is 0.0212. The topological polar surface area (TPSA) is 78.4 Å². The van der Waals surface area contributed by atoms with Crippen LogP contribution >= 0.6 is 0 Å². The number of hydrogen-bond donors (Lipinski definition) is 2. The number of carbonyl (C=O) groups excluding carboxylic acids is 1. The molecule has 2 unspecified atom stereocenters. The number of rotatable bonds is 8. The summed E-state index contributed by atoms with van der Waals surface area (Å²) >= 11 is 0. The molecule has 6 nitrogen and oxygen atoms in total. The molecule has 1 amide bonds. The second kappa shape index (κ2) is 11.8. The van der Waals surface area contributed by atoms with Gasteiger partial charge in [0.15, 0.2) is 0 Å². The normalized spacial score (nSPS) is 16.2. The molecule has 3 aromatic carbocycles. The summed E-state index contributed by atoms with van der Waals surface area (Å²) in [5.41, 5.74) is 3.97. The number of aromatic nitrogens is 2. The summed E-state index contributed by atoms with van der Waals surface area (Å²) in [5.74, 6) is 0.347. The fourth-order valence-electron chi connectivity index (χ4n) is 4.97. The van der Waals surface area contributed by atoms with Gasteiger partial charge in [0.25, 0.3) is 5.91 Å². The summed E-state index contributed by atoms with van der Waals surface area (Å²) in [4.78, 5) is 25.1. The number of benzene rings is 3. The van der Waals surface area contributed by atoms with Crippen molar-refractivity contribution in [3.05, 3.63) is 114 Å². The van der Waals surface area contributed by atoms with Crippen molar-refractivity contribution in [1.29, 1.82) is 0 Å². The van der Waals surface area contributed by atoms with E-state index in [-0.39, 0.29) is 11.9 Å². The van der Waals surface area contributed by atoms with E-state index in [9.17, 15) is 9.90 Å². The van der Waals surface area contributed by atoms with Crippen molar-refractivity contribution >= 4 is 11.9 Å². The molecule has 0 aliphatic carbocycles. The Hall–Kier alpha value is -4.03. The first-order valence-electron chi connectivity index (χ1n) is 12.9. The molecular weight excluding hydrogens is 460 g/mol. The predicted octanol–water partition coefficient (Wildman–Crippen LogP) is 5.53. The van der Waals surface area contributed by atoms with E-state index in [0.717, 1.165) is 36.8 Å². The first kappa shape index (κ1) is 24.7. The van der Waals surface area contributed by atoms with Crippen LogP contribution in [0.2, 0.25) is 0 Å². The molecule has 6 heteroatoms. The highest BCUT2D eigenvalue weighted by Crippen LogP contribution is 2.32. The predicted molar refractivity (Wildman–Crippen MR) is 146 cm³/mol. The van der Waals surface area contributed by atoms with Gasteiger partial charge in [0.05, 0.1) is 23.4 Å². The van der Waals surface area contributed by atoms with E-state index in [2.05, 4.69) is 22.4 Å². The molecular formula is C31H32N4O2. The van der Waals surface area contributed by atoms with Crippen LogP contribution in [0.5, 0.6) is 0 Å². The lowest BCUT2D eigenvalue weighted by atomic mass is 9.92. The number of likely N-dealkylation sites (tertiary alicyclic amines) is 1. The van der Waals surface area contributed by atoms with Gasteiger partial charge in [-0.3, -0.25) is 4.79 Å². The van der Waals surface area contributed by atoms with Crippen LogP contribution in [0, 0.1) is 0 Å². The zero-order chi connectivity index (χ0) is 25.5. The van der Waals surface area contributed by atoms with Crippen molar-refractivity contribution in [3.8, 4) is 11.3 Å². The molecule has 2 atom stereocenters. The van der Waals surface area contributed by atoms with E-state index in [1.165, 1.54) is 5.56 Å². The highest BCUT2D eigenvalue weighted by atomic mass is 16.3. The highest BCUT2D eigenvalue weighted by Gasteiger charge is 2.34. The number of piperidine rings is 1. The van der Waals surface area contributed by atoms with E-state index in [1.54, 1.807) is 6.20 Å². The molecule has 0 radical (unpaired) electrons. The van der Waals surface area contributed by atoms with E-state index in [1.807, 2.05) is 83.8 Å². The summed E-state index contributed by atoms with van der Waals surface area (Å²) in [6.07, 6.45) is 4.37. The second-order valence-corrected chi connectivity index (χ2v) is 9.40. The third-order valence-electron chi connectivity index (χ3n) is 6.92. The van der Waals surface area contributed by atoms with Gasteiger partial charge in [-0.05, 0) is 36.8 Å². The number of aliphatic hydroxyl groups is 1. The van der Waals surface area contributed by atoms with Crippen molar-refractivity contribution in [3.63, 3.8) is 0 Å². The Bertz CT molecular complexity index is 1300. The number of amides is 1. The SMILES string of the molecule is O=C(c1cnc(NCCc2ccccc2)nc1-c1ccccc1)N1CCCCC1C(O)c1ccccc1. The van der Waals surface area contributed by atoms with Gasteiger partial charge >= 0.3 is 0 Å². The fourth-order valence-corrected chi connectivity index (χ4v) is 4.97. The Morgan fingerprint density at radius 3 is 2.35 bits per heavy atom. The van der Waals surface area contributed by atoms with Gasteiger partial charge in [0.1, 0.15) is 0 Å². The number of nitrogens with one attached hydrogen (secondary N) is 1. The van der Waals surface area contributed by atoms with Crippen LogP contribution in [-0.2, 0) is 6.42 Å². The fraction of sp³-hybridized carbons (Fsp3) is 0.258. The number of aliphatic hydroxyl groups excluding tert-OH is 1. The monoisotopic (exact) mass is 492 g/mol. The third kappa shape index (κ3) is 5.87. The molecule has 1 aromatic heterocycles. The minimum absolute atomic E-state index is 0.144. The van der Waals surface area contributed by atoms with Gasteiger partial charge in [0, 0.05) is 24.8 Å². The molecule has 0 saturated carbocycles. The van der Waals surface area contributed by atoms with Crippen molar-refractivity contribution in [1.82, 2.24) is 14.9 Å². The third-order valence-corrected chi connectivity index (χ3v) is 6.92. The van der Waals surface area contributed by atoms with Crippen LogP contribution in [0.4, 0.5) is 5.95 Å². The van der Waals surface area contributed by atoms with Crippen LogP contribution in [0.3, 0.4) is 0 Å². The minimum atomic E-state index is -0.745. The highest BCUT2D eigenvalue weighted by molar-refractivity contribution is 6.00. The van der Waals surface area contributed by atoms with Gasteiger partial charge in [-0.25, -0.2) is 9.97 Å². The van der Waals surface area contributed by atoms with Gasteiger partial charge in [-0.1, -0.05) is 91.0 Å². The minimum Gasteiger partial charge on any atom is -0.386 e. The quantitative estimate of drug-likeness (QED) is 0.338. The van der Waals surface area contributed by atoms with Gasteiger partial charge in [0.2, 0.25) is 5.95 Å². The van der Waals surface area contributed by atoms with E-state index in [4.69, 9.17) is 4.98 Å². The molecule has 2 N–H and O–H groups in total. The number of carbonyl (C=O) groups is 1. The van der Waals surface area contributed by atoms with Crippen LogP contribution in [0.15, 0.2) is 97.2 Å².